The van der Waals surface area contributed by atoms with Gasteiger partial charge in [-0.2, -0.15) is 0 Å². The first-order chi connectivity index (χ1) is 10.2. The van der Waals surface area contributed by atoms with E-state index in [1.54, 1.807) is 40.8 Å². The Morgan fingerprint density at radius 1 is 1.36 bits per heavy atom. The molecule has 8 heteroatoms. The number of aryl methyl sites for hydroxylation is 1. The molecule has 1 heterocycles. The van der Waals surface area contributed by atoms with Gasteiger partial charge in [0.1, 0.15) is 17.1 Å². The van der Waals surface area contributed by atoms with Crippen LogP contribution in [0.3, 0.4) is 0 Å². The quantitative estimate of drug-likeness (QED) is 0.861. The Morgan fingerprint density at radius 2 is 2.05 bits per heavy atom. The van der Waals surface area contributed by atoms with Crippen LogP contribution in [0.5, 0.6) is 0 Å². The monoisotopic (exact) mass is 312 g/mol. The number of ether oxygens (including phenoxy) is 1. The molecule has 22 heavy (non-hydrogen) atoms. The first kappa shape index (κ1) is 17.8. The van der Waals surface area contributed by atoms with E-state index >= 15 is 0 Å². The molecule has 8 nitrogen and oxygen atoms in total. The number of rotatable bonds is 5. The van der Waals surface area contributed by atoms with E-state index in [2.05, 4.69) is 15.8 Å². The zero-order chi connectivity index (χ0) is 16.8. The van der Waals surface area contributed by atoms with E-state index in [0.29, 0.717) is 24.5 Å². The van der Waals surface area contributed by atoms with Crippen molar-refractivity contribution in [3.05, 3.63) is 17.5 Å². The average molecular weight is 312 g/mol. The van der Waals surface area contributed by atoms with Crippen LogP contribution in [0.1, 0.15) is 32.2 Å². The number of likely N-dealkylation sites (N-methyl/N-ethyl adjacent to an activating group) is 1. The summed E-state index contributed by atoms with van der Waals surface area (Å²) in [7, 11) is 1.62. The van der Waals surface area contributed by atoms with Gasteiger partial charge >= 0.3 is 12.1 Å². The summed E-state index contributed by atoms with van der Waals surface area (Å²) in [6.07, 6.45) is -0.423. The summed E-state index contributed by atoms with van der Waals surface area (Å²) in [5, 5.41) is 9.06. The molecule has 0 saturated carbocycles. The highest BCUT2D eigenvalue weighted by Gasteiger charge is 2.19. The molecule has 0 spiro atoms. The lowest BCUT2D eigenvalue weighted by Gasteiger charge is -2.24. The van der Waals surface area contributed by atoms with E-state index in [-0.39, 0.29) is 12.6 Å². The lowest BCUT2D eigenvalue weighted by Crippen LogP contribution is -2.42. The van der Waals surface area contributed by atoms with Gasteiger partial charge in [-0.05, 0) is 27.7 Å². The van der Waals surface area contributed by atoms with Crippen LogP contribution in [0, 0.1) is 6.92 Å². The van der Waals surface area contributed by atoms with Gasteiger partial charge in [0.15, 0.2) is 0 Å². The minimum Gasteiger partial charge on any atom is -0.444 e. The van der Waals surface area contributed by atoms with E-state index in [0.717, 1.165) is 0 Å². The summed E-state index contributed by atoms with van der Waals surface area (Å²) in [6.45, 7) is 8.14. The molecule has 3 amide bonds. The lowest BCUT2D eigenvalue weighted by atomic mass is 10.2. The molecule has 0 unspecified atom stereocenters. The van der Waals surface area contributed by atoms with Crippen molar-refractivity contribution in [2.45, 2.75) is 39.8 Å². The molecule has 1 rings (SSSR count). The maximum atomic E-state index is 11.7. The number of hydrogen-bond donors (Lipinski definition) is 2. The van der Waals surface area contributed by atoms with Gasteiger partial charge in [0.05, 0.1) is 6.54 Å². The fraction of sp³-hybridized carbons (Fsp3) is 0.643. The molecule has 0 bridgehead atoms. The van der Waals surface area contributed by atoms with Gasteiger partial charge in [0.2, 0.25) is 0 Å². The number of carbonyl (C=O) groups excluding carboxylic acids is 2. The van der Waals surface area contributed by atoms with Gasteiger partial charge in [0, 0.05) is 26.2 Å². The number of nitrogens with one attached hydrogen (secondary N) is 2. The summed E-state index contributed by atoms with van der Waals surface area (Å²) < 4.78 is 10.1. The second-order valence-corrected chi connectivity index (χ2v) is 5.94. The third kappa shape index (κ3) is 6.96. The summed E-state index contributed by atoms with van der Waals surface area (Å²) in [5.74, 6) is 0.691. The Bertz CT molecular complexity index is 507. The number of urea groups is 1. The molecule has 0 radical (unpaired) electrons. The van der Waals surface area contributed by atoms with Crippen LogP contribution in [-0.4, -0.2) is 47.9 Å². The third-order valence-electron chi connectivity index (χ3n) is 2.54. The molecule has 0 atom stereocenters. The highest BCUT2D eigenvalue weighted by molar-refractivity contribution is 5.73. The SMILES string of the molecule is Cc1cc(CNC(=O)NCCN(C)C(=O)OC(C)(C)C)no1. The first-order valence-corrected chi connectivity index (χ1v) is 7.05. The predicted molar refractivity (Wildman–Crippen MR) is 80.3 cm³/mol. The fourth-order valence-corrected chi connectivity index (χ4v) is 1.50. The summed E-state index contributed by atoms with van der Waals surface area (Å²) >= 11 is 0. The number of amides is 3. The van der Waals surface area contributed by atoms with Crippen molar-refractivity contribution in [2.24, 2.45) is 0 Å². The van der Waals surface area contributed by atoms with Crippen LogP contribution in [-0.2, 0) is 11.3 Å². The second kappa shape index (κ2) is 7.67. The Kier molecular flexibility index (Phi) is 6.21. The van der Waals surface area contributed by atoms with Crippen LogP contribution < -0.4 is 10.6 Å². The fourth-order valence-electron chi connectivity index (χ4n) is 1.50. The molecular weight excluding hydrogens is 288 g/mol. The maximum Gasteiger partial charge on any atom is 0.410 e. The Morgan fingerprint density at radius 3 is 2.59 bits per heavy atom. The molecule has 2 N–H and O–H groups in total. The third-order valence-corrected chi connectivity index (χ3v) is 2.54. The molecule has 0 saturated heterocycles. The van der Waals surface area contributed by atoms with E-state index in [4.69, 9.17) is 9.26 Å². The van der Waals surface area contributed by atoms with Crippen molar-refractivity contribution in [1.29, 1.82) is 0 Å². The maximum absolute atomic E-state index is 11.7. The standard InChI is InChI=1S/C14H24N4O4/c1-10-8-11(17-22-10)9-16-12(19)15-6-7-18(5)13(20)21-14(2,3)4/h8H,6-7,9H2,1-5H3,(H2,15,16,19). The van der Waals surface area contributed by atoms with Crippen LogP contribution in [0.15, 0.2) is 10.6 Å². The number of hydrogen-bond acceptors (Lipinski definition) is 5. The zero-order valence-electron chi connectivity index (χ0n) is 13.7. The van der Waals surface area contributed by atoms with Gasteiger partial charge < -0.3 is 24.8 Å². The molecule has 0 aromatic carbocycles. The van der Waals surface area contributed by atoms with E-state index in [9.17, 15) is 9.59 Å². The van der Waals surface area contributed by atoms with Crippen LogP contribution in [0.2, 0.25) is 0 Å². The van der Waals surface area contributed by atoms with Gasteiger partial charge in [-0.1, -0.05) is 5.16 Å². The first-order valence-electron chi connectivity index (χ1n) is 7.05. The van der Waals surface area contributed by atoms with Gasteiger partial charge in [0.25, 0.3) is 0 Å². The predicted octanol–water partition coefficient (Wildman–Crippen LogP) is 1.65. The van der Waals surface area contributed by atoms with Crippen LogP contribution in [0.4, 0.5) is 9.59 Å². The normalized spacial score (nSPS) is 11.0. The molecule has 0 aliphatic carbocycles. The molecule has 0 aliphatic rings. The minimum absolute atomic E-state index is 0.283. The minimum atomic E-state index is -0.536. The Hall–Kier alpha value is -2.25. The van der Waals surface area contributed by atoms with Gasteiger partial charge in [-0.25, -0.2) is 9.59 Å². The highest BCUT2D eigenvalue weighted by atomic mass is 16.6. The molecule has 1 aromatic heterocycles. The van der Waals surface area contributed by atoms with Crippen molar-refractivity contribution in [2.75, 3.05) is 20.1 Å². The Balaban J connectivity index is 2.20. The van der Waals surface area contributed by atoms with Gasteiger partial charge in [-0.3, -0.25) is 0 Å². The number of carbonyl (C=O) groups is 2. The summed E-state index contributed by atoms with van der Waals surface area (Å²) in [6, 6.07) is 1.41. The second-order valence-electron chi connectivity index (χ2n) is 5.94. The van der Waals surface area contributed by atoms with Crippen molar-refractivity contribution < 1.29 is 18.8 Å². The summed E-state index contributed by atoms with van der Waals surface area (Å²) in [5.41, 5.74) is 0.116. The summed E-state index contributed by atoms with van der Waals surface area (Å²) in [4.78, 5) is 24.7. The molecule has 0 aliphatic heterocycles. The van der Waals surface area contributed by atoms with Crippen LogP contribution in [0.25, 0.3) is 0 Å². The molecule has 124 valence electrons. The molecular formula is C14H24N4O4. The van der Waals surface area contributed by atoms with Crippen molar-refractivity contribution in [1.82, 2.24) is 20.7 Å². The van der Waals surface area contributed by atoms with Crippen LogP contribution >= 0.6 is 0 Å². The van der Waals surface area contributed by atoms with E-state index in [1.807, 2.05) is 0 Å². The van der Waals surface area contributed by atoms with Gasteiger partial charge in [-0.15, -0.1) is 0 Å². The van der Waals surface area contributed by atoms with Crippen molar-refractivity contribution in [3.63, 3.8) is 0 Å². The largest absolute Gasteiger partial charge is 0.444 e. The molecule has 0 fully saturated rings. The highest BCUT2D eigenvalue weighted by Crippen LogP contribution is 2.08. The molecule has 1 aromatic rings. The van der Waals surface area contributed by atoms with E-state index < -0.39 is 11.7 Å². The average Bonchev–Trinajstić information content (AvgIpc) is 2.80. The van der Waals surface area contributed by atoms with Crippen molar-refractivity contribution in [3.8, 4) is 0 Å². The zero-order valence-corrected chi connectivity index (χ0v) is 13.7. The number of aromatic nitrogens is 1. The topological polar surface area (TPSA) is 96.7 Å². The van der Waals surface area contributed by atoms with E-state index in [1.165, 1.54) is 4.90 Å². The van der Waals surface area contributed by atoms with Crippen molar-refractivity contribution >= 4 is 12.1 Å². The lowest BCUT2D eigenvalue weighted by molar-refractivity contribution is 0.0301. The smallest absolute Gasteiger partial charge is 0.410 e. The Labute approximate surface area is 130 Å². The number of nitrogens with zero attached hydrogens (tertiary/aromatic N) is 2.